The highest BCUT2D eigenvalue weighted by molar-refractivity contribution is 5.79. The first-order valence-corrected chi connectivity index (χ1v) is 10.8. The van der Waals surface area contributed by atoms with Crippen molar-refractivity contribution in [3.05, 3.63) is 65.2 Å². The Morgan fingerprint density at radius 3 is 2.16 bits per heavy atom. The number of nitrogens with one attached hydrogen (secondary N) is 2. The second-order valence-corrected chi connectivity index (χ2v) is 8.56. The molecule has 7 heteroatoms. The van der Waals surface area contributed by atoms with Gasteiger partial charge in [0.15, 0.2) is 6.04 Å². The molecule has 1 heterocycles. The molecular weight excluding hydrogens is 403 g/mol. The molecule has 4 nitrogen and oxygen atoms in total. The van der Waals surface area contributed by atoms with Gasteiger partial charge in [0.25, 0.3) is 0 Å². The van der Waals surface area contributed by atoms with Crippen molar-refractivity contribution in [3.63, 3.8) is 0 Å². The van der Waals surface area contributed by atoms with Gasteiger partial charge in [-0.2, -0.15) is 13.2 Å². The Balaban J connectivity index is 1.46. The van der Waals surface area contributed by atoms with Crippen LogP contribution in [0.25, 0.3) is 0 Å². The summed E-state index contributed by atoms with van der Waals surface area (Å²) in [7, 11) is 1.27. The van der Waals surface area contributed by atoms with Crippen molar-refractivity contribution in [3.8, 4) is 0 Å². The number of halogens is 3. The van der Waals surface area contributed by atoms with Crippen molar-refractivity contribution in [2.45, 2.75) is 43.9 Å². The molecule has 0 unspecified atom stereocenters. The number of anilines is 1. The minimum Gasteiger partial charge on any atom is -0.382 e. The van der Waals surface area contributed by atoms with E-state index in [0.29, 0.717) is 25.9 Å². The number of amides is 1. The molecular formula is C24H28F3N3O. The fourth-order valence-corrected chi connectivity index (χ4v) is 4.77. The summed E-state index contributed by atoms with van der Waals surface area (Å²) >= 11 is 0. The van der Waals surface area contributed by atoms with Gasteiger partial charge in [-0.05, 0) is 67.6 Å². The summed E-state index contributed by atoms with van der Waals surface area (Å²) in [6.07, 6.45) is -1.60. The molecule has 1 fully saturated rings. The topological polar surface area (TPSA) is 44.4 Å². The van der Waals surface area contributed by atoms with Gasteiger partial charge in [0.1, 0.15) is 0 Å². The van der Waals surface area contributed by atoms with E-state index in [4.69, 9.17) is 0 Å². The van der Waals surface area contributed by atoms with Gasteiger partial charge in [-0.15, -0.1) is 0 Å². The maximum atomic E-state index is 13.9. The number of fused-ring (bicyclic) bond motifs is 1. The van der Waals surface area contributed by atoms with E-state index in [0.717, 1.165) is 23.4 Å². The lowest BCUT2D eigenvalue weighted by atomic mass is 9.95. The Kier molecular flexibility index (Phi) is 6.23. The number of rotatable bonds is 5. The van der Waals surface area contributed by atoms with Crippen molar-refractivity contribution in [2.24, 2.45) is 5.92 Å². The van der Waals surface area contributed by atoms with Crippen LogP contribution in [0.2, 0.25) is 0 Å². The van der Waals surface area contributed by atoms with Crippen LogP contribution in [0.1, 0.15) is 35.6 Å². The second kappa shape index (κ2) is 8.91. The van der Waals surface area contributed by atoms with Gasteiger partial charge >= 0.3 is 6.18 Å². The van der Waals surface area contributed by atoms with Gasteiger partial charge in [0.05, 0.1) is 0 Å². The van der Waals surface area contributed by atoms with Crippen LogP contribution in [0.4, 0.5) is 18.9 Å². The van der Waals surface area contributed by atoms with Crippen LogP contribution in [0, 0.1) is 5.92 Å². The number of benzene rings is 2. The van der Waals surface area contributed by atoms with E-state index < -0.39 is 18.1 Å². The first kappa shape index (κ1) is 21.7. The lowest BCUT2D eigenvalue weighted by molar-refractivity contribution is -0.190. The number of alkyl halides is 3. The highest BCUT2D eigenvalue weighted by Crippen LogP contribution is 2.38. The number of hydrogen-bond donors (Lipinski definition) is 2. The van der Waals surface area contributed by atoms with E-state index >= 15 is 0 Å². The molecule has 0 spiro atoms. The number of piperidine rings is 1. The lowest BCUT2D eigenvalue weighted by Gasteiger charge is -2.34. The molecule has 1 atom stereocenters. The van der Waals surface area contributed by atoms with E-state index in [1.807, 2.05) is 12.1 Å². The van der Waals surface area contributed by atoms with Crippen LogP contribution in [0.3, 0.4) is 0 Å². The van der Waals surface area contributed by atoms with Crippen LogP contribution in [-0.4, -0.2) is 43.2 Å². The van der Waals surface area contributed by atoms with Crippen molar-refractivity contribution in [1.82, 2.24) is 10.2 Å². The number of carbonyl (C=O) groups excluding carboxylic acids is 1. The summed E-state index contributed by atoms with van der Waals surface area (Å²) in [5, 5.41) is 6.57. The smallest absolute Gasteiger partial charge is 0.382 e. The molecule has 2 aliphatic rings. The van der Waals surface area contributed by atoms with Gasteiger partial charge in [-0.3, -0.25) is 4.79 Å². The summed E-state index contributed by atoms with van der Waals surface area (Å²) < 4.78 is 41.8. The monoisotopic (exact) mass is 431 g/mol. The number of carbonyl (C=O) groups is 1. The fraction of sp³-hybridized carbons (Fsp3) is 0.458. The Hall–Kier alpha value is -2.54. The van der Waals surface area contributed by atoms with Crippen LogP contribution in [0.15, 0.2) is 48.5 Å². The molecule has 2 aromatic carbocycles. The normalized spacial score (nSPS) is 18.5. The second-order valence-electron chi connectivity index (χ2n) is 8.56. The van der Waals surface area contributed by atoms with E-state index in [1.165, 1.54) is 30.3 Å². The Labute approximate surface area is 180 Å². The van der Waals surface area contributed by atoms with Gasteiger partial charge in [0.2, 0.25) is 5.91 Å². The van der Waals surface area contributed by atoms with Gasteiger partial charge in [0, 0.05) is 24.7 Å². The Morgan fingerprint density at radius 1 is 1.03 bits per heavy atom. The van der Waals surface area contributed by atoms with Crippen molar-refractivity contribution in [1.29, 1.82) is 0 Å². The molecule has 31 heavy (non-hydrogen) atoms. The zero-order valence-electron chi connectivity index (χ0n) is 17.6. The summed E-state index contributed by atoms with van der Waals surface area (Å²) in [5.41, 5.74) is 3.49. The highest BCUT2D eigenvalue weighted by atomic mass is 19.4. The third-order valence-electron chi connectivity index (χ3n) is 6.38. The molecule has 0 aromatic heterocycles. The molecule has 1 saturated heterocycles. The average molecular weight is 432 g/mol. The number of nitrogens with zero attached hydrogens (tertiary/aromatic N) is 1. The summed E-state index contributed by atoms with van der Waals surface area (Å²) in [6, 6.07) is 12.9. The SMILES string of the molecule is CN(C(=O)C1CCNCC1)[C@@H](c1ccc(NC2Cc3ccccc3C2)cc1)C(F)(F)F. The fourth-order valence-electron chi connectivity index (χ4n) is 4.77. The summed E-state index contributed by atoms with van der Waals surface area (Å²) in [6.45, 7) is 1.32. The minimum absolute atomic E-state index is 0.0811. The Morgan fingerprint density at radius 2 is 1.61 bits per heavy atom. The maximum Gasteiger partial charge on any atom is 0.413 e. The summed E-state index contributed by atoms with van der Waals surface area (Å²) in [5.74, 6) is -0.796. The van der Waals surface area contributed by atoms with Crippen molar-refractivity contribution >= 4 is 11.6 Å². The molecule has 1 amide bonds. The third kappa shape index (κ3) is 4.87. The zero-order valence-corrected chi connectivity index (χ0v) is 17.6. The van der Waals surface area contributed by atoms with E-state index in [9.17, 15) is 18.0 Å². The molecule has 1 aliphatic carbocycles. The van der Waals surface area contributed by atoms with Crippen LogP contribution >= 0.6 is 0 Å². The molecule has 2 aromatic rings. The molecule has 0 bridgehead atoms. The molecule has 0 radical (unpaired) electrons. The molecule has 4 rings (SSSR count). The maximum absolute atomic E-state index is 13.9. The largest absolute Gasteiger partial charge is 0.413 e. The molecule has 2 N–H and O–H groups in total. The number of hydrogen-bond acceptors (Lipinski definition) is 3. The predicted molar refractivity (Wildman–Crippen MR) is 115 cm³/mol. The molecule has 0 saturated carbocycles. The van der Waals surface area contributed by atoms with Crippen LogP contribution in [-0.2, 0) is 17.6 Å². The van der Waals surface area contributed by atoms with E-state index in [1.54, 1.807) is 12.1 Å². The van der Waals surface area contributed by atoms with Gasteiger partial charge in [-0.1, -0.05) is 36.4 Å². The Bertz CT molecular complexity index is 882. The third-order valence-corrected chi connectivity index (χ3v) is 6.38. The first-order chi connectivity index (χ1) is 14.8. The first-order valence-electron chi connectivity index (χ1n) is 10.8. The molecule has 166 valence electrons. The van der Waals surface area contributed by atoms with Gasteiger partial charge in [-0.25, -0.2) is 0 Å². The van der Waals surface area contributed by atoms with Gasteiger partial charge < -0.3 is 15.5 Å². The zero-order chi connectivity index (χ0) is 22.0. The lowest BCUT2D eigenvalue weighted by Crippen LogP contribution is -2.45. The standard InChI is InChI=1S/C24H28F3N3O/c1-30(23(31)17-10-12-28-13-11-17)22(24(25,26)27)16-6-8-20(9-7-16)29-21-14-18-4-2-3-5-19(18)15-21/h2-9,17,21-22,28-29H,10-15H2,1H3/t22-/m0/s1. The van der Waals surface area contributed by atoms with Crippen molar-refractivity contribution in [2.75, 3.05) is 25.5 Å². The quantitative estimate of drug-likeness (QED) is 0.741. The molecule has 1 aliphatic heterocycles. The van der Waals surface area contributed by atoms with Crippen LogP contribution < -0.4 is 10.6 Å². The minimum atomic E-state index is -4.54. The van der Waals surface area contributed by atoms with Crippen LogP contribution in [0.5, 0.6) is 0 Å². The van der Waals surface area contributed by atoms with Crippen molar-refractivity contribution < 1.29 is 18.0 Å². The predicted octanol–water partition coefficient (Wildman–Crippen LogP) is 4.33. The van der Waals surface area contributed by atoms with E-state index in [-0.39, 0.29) is 17.5 Å². The average Bonchev–Trinajstić information content (AvgIpc) is 3.16. The highest BCUT2D eigenvalue weighted by Gasteiger charge is 2.46. The summed E-state index contributed by atoms with van der Waals surface area (Å²) in [4.78, 5) is 13.6. The van der Waals surface area contributed by atoms with E-state index in [2.05, 4.69) is 22.8 Å².